The Morgan fingerprint density at radius 1 is 0.944 bits per heavy atom. The molecule has 94 valence electrons. The number of ether oxygens (including phenoxy) is 2. The number of para-hydroxylation sites is 1. The second-order valence-electron chi connectivity index (χ2n) is 3.95. The standard InChI is InChI=1S/C15H17NO2/c1-2-15(16)18-14-10-6-9-13(11-14)17-12-7-4-3-5-8-12/h3-11,15H,2,16H2,1H3. The van der Waals surface area contributed by atoms with Gasteiger partial charge in [0.05, 0.1) is 0 Å². The Hall–Kier alpha value is -2.00. The molecule has 0 aliphatic heterocycles. The zero-order valence-corrected chi connectivity index (χ0v) is 10.4. The zero-order valence-electron chi connectivity index (χ0n) is 10.4. The third kappa shape index (κ3) is 3.50. The number of hydrogen-bond acceptors (Lipinski definition) is 3. The second kappa shape index (κ2) is 6.07. The minimum atomic E-state index is -0.281. The first kappa shape index (κ1) is 12.5. The van der Waals surface area contributed by atoms with Crippen LogP contribution in [0.15, 0.2) is 54.6 Å². The van der Waals surface area contributed by atoms with Crippen LogP contribution in [0.2, 0.25) is 0 Å². The molecule has 0 spiro atoms. The Morgan fingerprint density at radius 3 is 2.33 bits per heavy atom. The molecule has 0 aromatic heterocycles. The van der Waals surface area contributed by atoms with E-state index in [4.69, 9.17) is 15.2 Å². The Kier molecular flexibility index (Phi) is 4.20. The SMILES string of the molecule is CCC(N)Oc1cccc(Oc2ccccc2)c1. The van der Waals surface area contributed by atoms with Gasteiger partial charge in [-0.25, -0.2) is 0 Å². The van der Waals surface area contributed by atoms with Gasteiger partial charge in [0.1, 0.15) is 23.5 Å². The van der Waals surface area contributed by atoms with Gasteiger partial charge >= 0.3 is 0 Å². The first-order valence-corrected chi connectivity index (χ1v) is 6.03. The molecule has 0 saturated carbocycles. The highest BCUT2D eigenvalue weighted by Crippen LogP contribution is 2.25. The van der Waals surface area contributed by atoms with E-state index in [1.165, 1.54) is 0 Å². The van der Waals surface area contributed by atoms with Gasteiger partial charge in [-0.1, -0.05) is 31.2 Å². The lowest BCUT2D eigenvalue weighted by Gasteiger charge is -2.13. The average molecular weight is 243 g/mol. The van der Waals surface area contributed by atoms with Crippen molar-refractivity contribution in [1.82, 2.24) is 0 Å². The molecule has 0 fully saturated rings. The van der Waals surface area contributed by atoms with Crippen LogP contribution in [0.4, 0.5) is 0 Å². The molecule has 0 amide bonds. The van der Waals surface area contributed by atoms with Gasteiger partial charge in [0.25, 0.3) is 0 Å². The van der Waals surface area contributed by atoms with Crippen LogP contribution in [-0.2, 0) is 0 Å². The van der Waals surface area contributed by atoms with E-state index in [1.807, 2.05) is 61.5 Å². The highest BCUT2D eigenvalue weighted by Gasteiger charge is 2.03. The largest absolute Gasteiger partial charge is 0.475 e. The third-order valence-corrected chi connectivity index (χ3v) is 2.47. The summed E-state index contributed by atoms with van der Waals surface area (Å²) in [5.41, 5.74) is 5.74. The van der Waals surface area contributed by atoms with Gasteiger partial charge in [0.15, 0.2) is 0 Å². The van der Waals surface area contributed by atoms with Gasteiger partial charge in [-0.15, -0.1) is 0 Å². The van der Waals surface area contributed by atoms with E-state index in [-0.39, 0.29) is 6.23 Å². The quantitative estimate of drug-likeness (QED) is 0.817. The summed E-state index contributed by atoms with van der Waals surface area (Å²) >= 11 is 0. The van der Waals surface area contributed by atoms with E-state index in [0.29, 0.717) is 0 Å². The predicted molar refractivity (Wildman–Crippen MR) is 71.9 cm³/mol. The Balaban J connectivity index is 2.08. The zero-order chi connectivity index (χ0) is 12.8. The van der Waals surface area contributed by atoms with Crippen molar-refractivity contribution in [2.45, 2.75) is 19.6 Å². The monoisotopic (exact) mass is 243 g/mol. The number of hydrogen-bond donors (Lipinski definition) is 1. The van der Waals surface area contributed by atoms with Crippen molar-refractivity contribution in [3.63, 3.8) is 0 Å². The molecule has 2 rings (SSSR count). The minimum absolute atomic E-state index is 0.281. The summed E-state index contributed by atoms with van der Waals surface area (Å²) in [4.78, 5) is 0. The Labute approximate surface area is 107 Å². The predicted octanol–water partition coefficient (Wildman–Crippen LogP) is 3.55. The van der Waals surface area contributed by atoms with Crippen molar-refractivity contribution in [2.75, 3.05) is 0 Å². The summed E-state index contributed by atoms with van der Waals surface area (Å²) in [5.74, 6) is 2.26. The summed E-state index contributed by atoms with van der Waals surface area (Å²) < 4.78 is 11.3. The van der Waals surface area contributed by atoms with Crippen molar-refractivity contribution in [3.8, 4) is 17.2 Å². The lowest BCUT2D eigenvalue weighted by Crippen LogP contribution is -2.25. The van der Waals surface area contributed by atoms with Crippen LogP contribution in [0.3, 0.4) is 0 Å². The van der Waals surface area contributed by atoms with Crippen LogP contribution in [0.25, 0.3) is 0 Å². The summed E-state index contributed by atoms with van der Waals surface area (Å²) in [6.45, 7) is 1.98. The van der Waals surface area contributed by atoms with Crippen LogP contribution in [0.5, 0.6) is 17.2 Å². The molecule has 0 bridgehead atoms. The van der Waals surface area contributed by atoms with E-state index >= 15 is 0 Å². The molecule has 3 nitrogen and oxygen atoms in total. The molecule has 1 atom stereocenters. The van der Waals surface area contributed by atoms with Crippen LogP contribution in [-0.4, -0.2) is 6.23 Å². The van der Waals surface area contributed by atoms with Crippen molar-refractivity contribution in [2.24, 2.45) is 5.73 Å². The molecule has 0 aliphatic rings. The molecule has 2 aromatic carbocycles. The molecule has 0 heterocycles. The third-order valence-electron chi connectivity index (χ3n) is 2.47. The summed E-state index contributed by atoms with van der Waals surface area (Å²) in [6.07, 6.45) is 0.487. The fraction of sp³-hybridized carbons (Fsp3) is 0.200. The van der Waals surface area contributed by atoms with E-state index in [0.717, 1.165) is 23.7 Å². The molecule has 1 unspecified atom stereocenters. The van der Waals surface area contributed by atoms with Gasteiger partial charge < -0.3 is 9.47 Å². The maximum Gasteiger partial charge on any atom is 0.147 e. The molecule has 0 saturated heterocycles. The highest BCUT2D eigenvalue weighted by molar-refractivity contribution is 5.36. The fourth-order valence-corrected chi connectivity index (χ4v) is 1.49. The smallest absolute Gasteiger partial charge is 0.147 e. The van der Waals surface area contributed by atoms with Crippen LogP contribution >= 0.6 is 0 Å². The van der Waals surface area contributed by atoms with E-state index < -0.39 is 0 Å². The van der Waals surface area contributed by atoms with Crippen molar-refractivity contribution in [3.05, 3.63) is 54.6 Å². The van der Waals surface area contributed by atoms with Crippen molar-refractivity contribution in [1.29, 1.82) is 0 Å². The average Bonchev–Trinajstić information content (AvgIpc) is 2.40. The summed E-state index contributed by atoms with van der Waals surface area (Å²) in [6, 6.07) is 17.1. The molecule has 3 heteroatoms. The first-order valence-electron chi connectivity index (χ1n) is 6.03. The van der Waals surface area contributed by atoms with Crippen molar-refractivity contribution < 1.29 is 9.47 Å². The van der Waals surface area contributed by atoms with E-state index in [2.05, 4.69) is 0 Å². The van der Waals surface area contributed by atoms with Gasteiger partial charge in [-0.3, -0.25) is 5.73 Å². The van der Waals surface area contributed by atoms with E-state index in [9.17, 15) is 0 Å². The summed E-state index contributed by atoms with van der Waals surface area (Å²) in [5, 5.41) is 0. The first-order chi connectivity index (χ1) is 8.78. The molecule has 2 aromatic rings. The highest BCUT2D eigenvalue weighted by atomic mass is 16.5. The minimum Gasteiger partial charge on any atom is -0.475 e. The topological polar surface area (TPSA) is 44.5 Å². The number of nitrogens with two attached hydrogens (primary N) is 1. The Morgan fingerprint density at radius 2 is 1.61 bits per heavy atom. The van der Waals surface area contributed by atoms with Crippen LogP contribution in [0, 0.1) is 0 Å². The number of rotatable bonds is 5. The molecular formula is C15H17NO2. The lowest BCUT2D eigenvalue weighted by atomic mass is 10.3. The summed E-state index contributed by atoms with van der Waals surface area (Å²) in [7, 11) is 0. The van der Waals surface area contributed by atoms with Gasteiger partial charge in [0, 0.05) is 6.07 Å². The van der Waals surface area contributed by atoms with Crippen LogP contribution < -0.4 is 15.2 Å². The molecule has 18 heavy (non-hydrogen) atoms. The fourth-order valence-electron chi connectivity index (χ4n) is 1.49. The Bertz CT molecular complexity index is 485. The van der Waals surface area contributed by atoms with Gasteiger partial charge in [0.2, 0.25) is 0 Å². The second-order valence-corrected chi connectivity index (χ2v) is 3.95. The maximum absolute atomic E-state index is 5.74. The maximum atomic E-state index is 5.74. The number of benzene rings is 2. The van der Waals surface area contributed by atoms with Gasteiger partial charge in [-0.2, -0.15) is 0 Å². The molecule has 0 radical (unpaired) electrons. The van der Waals surface area contributed by atoms with Crippen LogP contribution in [0.1, 0.15) is 13.3 Å². The normalized spacial score (nSPS) is 11.9. The molecular weight excluding hydrogens is 226 g/mol. The van der Waals surface area contributed by atoms with E-state index in [1.54, 1.807) is 0 Å². The van der Waals surface area contributed by atoms with Crippen molar-refractivity contribution >= 4 is 0 Å². The van der Waals surface area contributed by atoms with Gasteiger partial charge in [-0.05, 0) is 30.7 Å². The molecule has 0 aliphatic carbocycles. The lowest BCUT2D eigenvalue weighted by molar-refractivity contribution is 0.204. The molecule has 2 N–H and O–H groups in total.